The minimum Gasteiger partial charge on any atom is -0.393 e. The lowest BCUT2D eigenvalue weighted by Crippen LogP contribution is -2.57. The highest BCUT2D eigenvalue weighted by Gasteiger charge is 2.65. The lowest BCUT2D eigenvalue weighted by molar-refractivity contribution is -0.350. The standard InChI is InChI=1S/C26H36O4/c1-14-13-25(6)10-9-19-15(2)20-12-18(27)8-7-17(20)11-21(19)23(25)29-26(14)22(28)16(3)24(4,5)30-26/h9-11,14,16,18,22-23,27-28H,7-8,12-13H2,1-6H3/t14-,16-,18-,22+,23?,25+,26+/m0/s1. The van der Waals surface area contributed by atoms with Crippen LogP contribution in [0.15, 0.2) is 12.1 Å². The van der Waals surface area contributed by atoms with Crippen LogP contribution in [0, 0.1) is 24.2 Å². The molecule has 2 fully saturated rings. The lowest BCUT2D eigenvalue weighted by Gasteiger charge is -2.54. The van der Waals surface area contributed by atoms with Gasteiger partial charge in [-0.2, -0.15) is 0 Å². The summed E-state index contributed by atoms with van der Waals surface area (Å²) in [5, 5.41) is 21.5. The van der Waals surface area contributed by atoms with Gasteiger partial charge in [0.1, 0.15) is 6.10 Å². The number of fused-ring (bicyclic) bond motifs is 4. The van der Waals surface area contributed by atoms with E-state index in [1.165, 1.54) is 27.8 Å². The zero-order valence-corrected chi connectivity index (χ0v) is 19.2. The van der Waals surface area contributed by atoms with E-state index in [2.05, 4.69) is 59.8 Å². The molecule has 1 aromatic rings. The van der Waals surface area contributed by atoms with Crippen LogP contribution in [-0.4, -0.2) is 33.8 Å². The van der Waals surface area contributed by atoms with Crippen LogP contribution in [0.1, 0.15) is 81.4 Å². The third-order valence-corrected chi connectivity index (χ3v) is 8.72. The van der Waals surface area contributed by atoms with Crippen LogP contribution in [-0.2, 0) is 22.3 Å². The molecule has 7 atom stereocenters. The smallest absolute Gasteiger partial charge is 0.198 e. The van der Waals surface area contributed by atoms with Crippen molar-refractivity contribution in [3.8, 4) is 0 Å². The summed E-state index contributed by atoms with van der Waals surface area (Å²) in [6, 6.07) is 2.32. The number of ether oxygens (including phenoxy) is 2. The van der Waals surface area contributed by atoms with Crippen molar-refractivity contribution in [2.75, 3.05) is 0 Å². The zero-order chi connectivity index (χ0) is 21.6. The SMILES string of the molecule is Cc1c2c(cc3c1C[C@@H](O)CC3)C1O[C@@]3(OC(C)(C)[C@@H](C)[C@H]3O)[C@@H](C)C[C@@]1(C)C=C2. The summed E-state index contributed by atoms with van der Waals surface area (Å²) in [6.07, 6.45) is 6.87. The van der Waals surface area contributed by atoms with Crippen molar-refractivity contribution in [3.05, 3.63) is 40.0 Å². The molecule has 30 heavy (non-hydrogen) atoms. The Balaban J connectivity index is 1.62. The summed E-state index contributed by atoms with van der Waals surface area (Å²) in [6.45, 7) is 12.8. The van der Waals surface area contributed by atoms with Gasteiger partial charge in [0.2, 0.25) is 0 Å². The topological polar surface area (TPSA) is 58.9 Å². The third kappa shape index (κ3) is 2.67. The minimum absolute atomic E-state index is 0.00494. The van der Waals surface area contributed by atoms with Crippen LogP contribution in [0.2, 0.25) is 0 Å². The summed E-state index contributed by atoms with van der Waals surface area (Å²) >= 11 is 0. The van der Waals surface area contributed by atoms with E-state index in [9.17, 15) is 10.2 Å². The molecule has 2 N–H and O–H groups in total. The van der Waals surface area contributed by atoms with Crippen LogP contribution in [0.3, 0.4) is 0 Å². The molecule has 0 aromatic heterocycles. The van der Waals surface area contributed by atoms with Gasteiger partial charge in [0.25, 0.3) is 0 Å². The Labute approximate surface area is 180 Å². The Morgan fingerprint density at radius 1 is 1.13 bits per heavy atom. The second-order valence-corrected chi connectivity index (χ2v) is 11.1. The summed E-state index contributed by atoms with van der Waals surface area (Å²) in [5.41, 5.74) is 5.76. The fourth-order valence-corrected chi connectivity index (χ4v) is 6.55. The van der Waals surface area contributed by atoms with E-state index < -0.39 is 17.5 Å². The number of aryl methyl sites for hydroxylation is 1. The van der Waals surface area contributed by atoms with Crippen molar-refractivity contribution in [2.24, 2.45) is 17.3 Å². The van der Waals surface area contributed by atoms with E-state index in [-0.39, 0.29) is 29.5 Å². The van der Waals surface area contributed by atoms with Gasteiger partial charge < -0.3 is 19.7 Å². The second kappa shape index (κ2) is 6.41. The number of hydrogen-bond donors (Lipinski definition) is 2. The maximum absolute atomic E-state index is 11.3. The summed E-state index contributed by atoms with van der Waals surface area (Å²) in [7, 11) is 0. The molecule has 0 radical (unpaired) electrons. The molecule has 0 saturated carbocycles. The lowest BCUT2D eigenvalue weighted by atomic mass is 9.64. The van der Waals surface area contributed by atoms with E-state index in [4.69, 9.17) is 9.47 Å². The van der Waals surface area contributed by atoms with E-state index in [0.717, 1.165) is 25.7 Å². The molecule has 2 aliphatic heterocycles. The highest BCUT2D eigenvalue weighted by atomic mass is 16.7. The van der Waals surface area contributed by atoms with E-state index in [1.54, 1.807) is 0 Å². The molecular formula is C26H36O4. The monoisotopic (exact) mass is 412 g/mol. The quantitative estimate of drug-likeness (QED) is 0.660. The minimum atomic E-state index is -0.977. The number of aliphatic hydroxyl groups is 2. The van der Waals surface area contributed by atoms with Crippen molar-refractivity contribution < 1.29 is 19.7 Å². The molecular weight excluding hydrogens is 376 g/mol. The van der Waals surface area contributed by atoms with Gasteiger partial charge in [-0.1, -0.05) is 39.0 Å². The fraction of sp³-hybridized carbons (Fsp3) is 0.692. The Morgan fingerprint density at radius 2 is 1.87 bits per heavy atom. The van der Waals surface area contributed by atoms with Crippen molar-refractivity contribution in [2.45, 2.75) is 96.9 Å². The molecule has 2 aliphatic carbocycles. The molecule has 1 unspecified atom stereocenters. The molecule has 1 spiro atoms. The van der Waals surface area contributed by atoms with E-state index in [1.807, 2.05) is 0 Å². The molecule has 5 rings (SSSR count). The van der Waals surface area contributed by atoms with Gasteiger partial charge in [0.15, 0.2) is 5.79 Å². The zero-order valence-electron chi connectivity index (χ0n) is 19.2. The van der Waals surface area contributed by atoms with Crippen molar-refractivity contribution >= 4 is 6.08 Å². The van der Waals surface area contributed by atoms with Gasteiger partial charge in [-0.05, 0) is 74.3 Å². The van der Waals surface area contributed by atoms with Crippen LogP contribution in [0.4, 0.5) is 0 Å². The first-order chi connectivity index (χ1) is 14.0. The molecule has 0 bridgehead atoms. The Kier molecular flexibility index (Phi) is 4.42. The second-order valence-electron chi connectivity index (χ2n) is 11.1. The molecule has 2 heterocycles. The fourth-order valence-electron chi connectivity index (χ4n) is 6.55. The number of aliphatic hydroxyl groups excluding tert-OH is 2. The predicted molar refractivity (Wildman–Crippen MR) is 117 cm³/mol. The summed E-state index contributed by atoms with van der Waals surface area (Å²) < 4.78 is 13.4. The molecule has 164 valence electrons. The van der Waals surface area contributed by atoms with Crippen LogP contribution >= 0.6 is 0 Å². The van der Waals surface area contributed by atoms with Crippen molar-refractivity contribution in [1.29, 1.82) is 0 Å². The van der Waals surface area contributed by atoms with Gasteiger partial charge in [-0.15, -0.1) is 0 Å². The maximum atomic E-state index is 11.3. The summed E-state index contributed by atoms with van der Waals surface area (Å²) in [4.78, 5) is 0. The average Bonchev–Trinajstić information content (AvgIpc) is 2.85. The van der Waals surface area contributed by atoms with Crippen LogP contribution in [0.25, 0.3) is 6.08 Å². The van der Waals surface area contributed by atoms with Gasteiger partial charge >= 0.3 is 0 Å². The van der Waals surface area contributed by atoms with Crippen molar-refractivity contribution in [1.82, 2.24) is 0 Å². The summed E-state index contributed by atoms with van der Waals surface area (Å²) in [5.74, 6) is -0.900. The molecule has 2 saturated heterocycles. The highest BCUT2D eigenvalue weighted by Crippen LogP contribution is 2.60. The first-order valence-corrected chi connectivity index (χ1v) is 11.6. The van der Waals surface area contributed by atoms with Gasteiger partial charge in [0, 0.05) is 17.3 Å². The highest BCUT2D eigenvalue weighted by molar-refractivity contribution is 5.66. The van der Waals surface area contributed by atoms with E-state index in [0.29, 0.717) is 0 Å². The molecule has 4 aliphatic rings. The Morgan fingerprint density at radius 3 is 2.53 bits per heavy atom. The first-order valence-electron chi connectivity index (χ1n) is 11.6. The Hall–Kier alpha value is -1.20. The number of hydrogen-bond acceptors (Lipinski definition) is 4. The molecule has 4 nitrogen and oxygen atoms in total. The molecule has 4 heteroatoms. The number of benzene rings is 1. The van der Waals surface area contributed by atoms with Crippen molar-refractivity contribution in [3.63, 3.8) is 0 Å². The average molecular weight is 413 g/mol. The van der Waals surface area contributed by atoms with Gasteiger partial charge in [-0.3, -0.25) is 0 Å². The van der Waals surface area contributed by atoms with Gasteiger partial charge in [-0.25, -0.2) is 0 Å². The number of rotatable bonds is 0. The van der Waals surface area contributed by atoms with Crippen LogP contribution < -0.4 is 0 Å². The predicted octanol–water partition coefficient (Wildman–Crippen LogP) is 4.48. The van der Waals surface area contributed by atoms with Crippen LogP contribution in [0.5, 0.6) is 0 Å². The first kappa shape index (κ1) is 20.7. The largest absolute Gasteiger partial charge is 0.393 e. The Bertz CT molecular complexity index is 918. The maximum Gasteiger partial charge on any atom is 0.198 e. The molecule has 0 amide bonds. The van der Waals surface area contributed by atoms with Gasteiger partial charge in [0.05, 0.1) is 17.8 Å². The third-order valence-electron chi connectivity index (χ3n) is 8.72. The molecule has 1 aromatic carbocycles. The van der Waals surface area contributed by atoms with E-state index >= 15 is 0 Å². The normalized spacial score (nSPS) is 43.9.